The van der Waals surface area contributed by atoms with E-state index in [0.717, 1.165) is 0 Å². The molecule has 0 aliphatic carbocycles. The van der Waals surface area contributed by atoms with E-state index in [1.54, 1.807) is 43.3 Å². The predicted octanol–water partition coefficient (Wildman–Crippen LogP) is 6.26. The van der Waals surface area contributed by atoms with Crippen molar-refractivity contribution in [2.45, 2.75) is 25.7 Å². The molecule has 0 fully saturated rings. The van der Waals surface area contributed by atoms with Gasteiger partial charge in [-0.2, -0.15) is 5.26 Å². The van der Waals surface area contributed by atoms with Crippen LogP contribution in [0.3, 0.4) is 0 Å². The number of hydrogen-bond acceptors (Lipinski definition) is 8. The van der Waals surface area contributed by atoms with Gasteiger partial charge < -0.3 is 29.3 Å². The molecule has 1 aliphatic heterocycles. The predicted molar refractivity (Wildman–Crippen MR) is 150 cm³/mol. The van der Waals surface area contributed by atoms with Crippen LogP contribution in [0, 0.1) is 11.3 Å². The van der Waals surface area contributed by atoms with Crippen molar-refractivity contribution >= 4 is 34.6 Å². The molecule has 1 aliphatic rings. The van der Waals surface area contributed by atoms with E-state index >= 15 is 0 Å². The summed E-state index contributed by atoms with van der Waals surface area (Å²) in [5.41, 5.74) is 2.95. The summed E-state index contributed by atoms with van der Waals surface area (Å²) in [7, 11) is 2.92. The number of anilines is 2. The topological polar surface area (TPSA) is 105 Å². The van der Waals surface area contributed by atoms with Crippen LogP contribution in [-0.2, 0) is 16.1 Å². The summed E-state index contributed by atoms with van der Waals surface area (Å²) in [6, 6.07) is 14.6. The van der Waals surface area contributed by atoms with E-state index in [-0.39, 0.29) is 13.2 Å². The van der Waals surface area contributed by atoms with Gasteiger partial charge in [0, 0.05) is 40.5 Å². The third-order valence-corrected chi connectivity index (χ3v) is 6.64. The van der Waals surface area contributed by atoms with Gasteiger partial charge in [0.05, 0.1) is 25.6 Å². The van der Waals surface area contributed by atoms with Gasteiger partial charge in [-0.05, 0) is 49.2 Å². The van der Waals surface area contributed by atoms with Gasteiger partial charge in [0.25, 0.3) is 5.91 Å². The maximum atomic E-state index is 14.2. The van der Waals surface area contributed by atoms with Crippen molar-refractivity contribution in [2.24, 2.45) is 5.16 Å². The zero-order valence-corrected chi connectivity index (χ0v) is 23.5. The van der Waals surface area contributed by atoms with Crippen LogP contribution < -0.4 is 24.4 Å². The summed E-state index contributed by atoms with van der Waals surface area (Å²) >= 11 is 6.19. The van der Waals surface area contributed by atoms with Gasteiger partial charge in [-0.25, -0.2) is 0 Å². The van der Waals surface area contributed by atoms with Crippen molar-refractivity contribution < 1.29 is 37.0 Å². The Morgan fingerprint density at radius 1 is 1.12 bits per heavy atom. The number of methoxy groups -OCH3 is 2. The number of alkyl halides is 3. The largest absolute Gasteiger partial charge is 0.573 e. The number of nitrogens with one attached hydrogen (secondary N) is 1. The Hall–Kier alpha value is -4.63. The number of amides is 1. The Morgan fingerprint density at radius 3 is 2.60 bits per heavy atom. The lowest BCUT2D eigenvalue weighted by Gasteiger charge is -2.27. The van der Waals surface area contributed by atoms with E-state index in [9.17, 15) is 18.0 Å². The molecule has 1 amide bonds. The van der Waals surface area contributed by atoms with Crippen molar-refractivity contribution in [3.8, 4) is 23.3 Å². The number of fused-ring (bicyclic) bond motifs is 1. The van der Waals surface area contributed by atoms with Crippen LogP contribution in [0.2, 0.25) is 5.02 Å². The first kappa shape index (κ1) is 30.3. The first-order valence-corrected chi connectivity index (χ1v) is 12.9. The first-order valence-electron chi connectivity index (χ1n) is 12.6. The summed E-state index contributed by atoms with van der Waals surface area (Å²) < 4.78 is 53.8. The molecular weight excluding hydrogens is 577 g/mol. The van der Waals surface area contributed by atoms with Crippen molar-refractivity contribution in [2.75, 3.05) is 37.6 Å². The van der Waals surface area contributed by atoms with Crippen LogP contribution in [0.15, 0.2) is 59.8 Å². The van der Waals surface area contributed by atoms with E-state index in [4.69, 9.17) is 31.2 Å². The molecule has 1 atom stereocenters. The molecule has 0 saturated carbocycles. The highest BCUT2D eigenvalue weighted by molar-refractivity contribution is 6.30. The summed E-state index contributed by atoms with van der Waals surface area (Å²) in [6.45, 7) is 1.69. The van der Waals surface area contributed by atoms with Gasteiger partial charge >= 0.3 is 6.36 Å². The molecule has 220 valence electrons. The Kier molecular flexibility index (Phi) is 9.32. The number of ether oxygens (including phenoxy) is 3. The highest BCUT2D eigenvalue weighted by atomic mass is 35.5. The van der Waals surface area contributed by atoms with Crippen LogP contribution in [0.4, 0.5) is 24.5 Å². The van der Waals surface area contributed by atoms with Gasteiger partial charge in [-0.15, -0.1) is 13.2 Å². The standard InChI is InChI=1S/C29H26ClF3N4O5/c1-17(36-41-11-9-34)19-12-21(15-23(13-19)39-2)35-27(24-7-5-20(30)14-26(24)40-3)28(38)37-10-8-18-4-6-22(16-25(18)37)42-29(31,32)33/h4-7,12-16,27,35H,8,10-11H2,1-3H3. The average molecular weight is 603 g/mol. The molecule has 3 aromatic rings. The molecule has 3 aromatic carbocycles. The summed E-state index contributed by atoms with van der Waals surface area (Å²) in [5.74, 6) is -0.113. The molecule has 1 N–H and O–H groups in total. The van der Waals surface area contributed by atoms with E-state index in [2.05, 4.69) is 15.2 Å². The highest BCUT2D eigenvalue weighted by Crippen LogP contribution is 2.38. The number of hydrogen-bond donors (Lipinski definition) is 1. The molecular formula is C29H26ClF3N4O5. The van der Waals surface area contributed by atoms with Gasteiger partial charge in [0.15, 0.2) is 0 Å². The fraction of sp³-hybridized carbons (Fsp3) is 0.276. The second-order valence-corrected chi connectivity index (χ2v) is 9.54. The highest BCUT2D eigenvalue weighted by Gasteiger charge is 2.35. The van der Waals surface area contributed by atoms with Crippen molar-refractivity contribution in [1.29, 1.82) is 5.26 Å². The Bertz CT molecular complexity index is 1540. The van der Waals surface area contributed by atoms with E-state index in [0.29, 0.717) is 56.7 Å². The Morgan fingerprint density at radius 2 is 1.90 bits per heavy atom. The van der Waals surface area contributed by atoms with Gasteiger partial charge in [-0.3, -0.25) is 4.79 Å². The first-order chi connectivity index (χ1) is 20.0. The SMILES string of the molecule is COc1cc(NC(C(=O)N2CCc3ccc(OC(F)(F)F)cc32)c2ccc(Cl)cc2OC)cc(C(C)=NOCC#N)c1. The zero-order valence-electron chi connectivity index (χ0n) is 22.8. The minimum Gasteiger partial charge on any atom is -0.497 e. The van der Waals surface area contributed by atoms with Crippen molar-refractivity contribution in [3.05, 3.63) is 76.3 Å². The second-order valence-electron chi connectivity index (χ2n) is 9.10. The molecule has 0 radical (unpaired) electrons. The minimum atomic E-state index is -4.88. The molecule has 9 nitrogen and oxygen atoms in total. The summed E-state index contributed by atoms with van der Waals surface area (Å²) in [4.78, 5) is 20.6. The fourth-order valence-corrected chi connectivity index (χ4v) is 4.69. The normalized spacial score (nSPS) is 13.6. The molecule has 0 aromatic heterocycles. The molecule has 0 saturated heterocycles. The lowest BCUT2D eigenvalue weighted by atomic mass is 10.0. The van der Waals surface area contributed by atoms with Gasteiger partial charge in [0.2, 0.25) is 6.61 Å². The number of nitriles is 1. The van der Waals surface area contributed by atoms with Crippen molar-refractivity contribution in [1.82, 2.24) is 0 Å². The van der Waals surface area contributed by atoms with Crippen LogP contribution in [-0.4, -0.2) is 45.4 Å². The monoisotopic (exact) mass is 602 g/mol. The molecule has 0 bridgehead atoms. The number of halogens is 4. The molecule has 4 rings (SSSR count). The van der Waals surface area contributed by atoms with Gasteiger partial charge in [-0.1, -0.05) is 28.9 Å². The average Bonchev–Trinajstić information content (AvgIpc) is 3.38. The summed E-state index contributed by atoms with van der Waals surface area (Å²) in [6.07, 6.45) is -4.44. The molecule has 1 heterocycles. The van der Waals surface area contributed by atoms with Crippen LogP contribution >= 0.6 is 11.6 Å². The number of rotatable bonds is 10. The Balaban J connectivity index is 1.76. The van der Waals surface area contributed by atoms with Crippen LogP contribution in [0.25, 0.3) is 0 Å². The quantitative estimate of drug-likeness (QED) is 0.166. The fourth-order valence-electron chi connectivity index (χ4n) is 4.52. The number of carbonyl (C=O) groups excluding carboxylic acids is 1. The van der Waals surface area contributed by atoms with E-state index < -0.39 is 24.1 Å². The number of benzene rings is 3. The minimum absolute atomic E-state index is 0.230. The smallest absolute Gasteiger partial charge is 0.497 e. The zero-order chi connectivity index (χ0) is 30.4. The number of nitrogens with zero attached hydrogens (tertiary/aromatic N) is 3. The third-order valence-electron chi connectivity index (χ3n) is 6.41. The lowest BCUT2D eigenvalue weighted by Crippen LogP contribution is -2.37. The van der Waals surface area contributed by atoms with Crippen LogP contribution in [0.1, 0.15) is 29.7 Å². The van der Waals surface area contributed by atoms with Gasteiger partial charge in [0.1, 0.15) is 29.4 Å². The number of oxime groups is 1. The van der Waals surface area contributed by atoms with Crippen LogP contribution in [0.5, 0.6) is 17.2 Å². The van der Waals surface area contributed by atoms with E-state index in [1.807, 2.05) is 6.07 Å². The maximum Gasteiger partial charge on any atom is 0.573 e. The molecule has 13 heteroatoms. The molecule has 42 heavy (non-hydrogen) atoms. The van der Waals surface area contributed by atoms with Crippen molar-refractivity contribution in [3.63, 3.8) is 0 Å². The third kappa shape index (κ3) is 7.16. The van der Waals surface area contributed by atoms with E-state index in [1.165, 1.54) is 37.3 Å². The Labute approximate surface area is 245 Å². The molecule has 0 spiro atoms. The number of carbonyl (C=O) groups is 1. The molecule has 1 unspecified atom stereocenters. The summed E-state index contributed by atoms with van der Waals surface area (Å²) in [5, 5.41) is 16.3. The second kappa shape index (κ2) is 12.9. The maximum absolute atomic E-state index is 14.2. The lowest BCUT2D eigenvalue weighted by molar-refractivity contribution is -0.274.